The zero-order valence-electron chi connectivity index (χ0n) is 11.1. The van der Waals surface area contributed by atoms with Crippen molar-refractivity contribution >= 4 is 5.69 Å². The van der Waals surface area contributed by atoms with Crippen LogP contribution in [0.4, 0.5) is 14.5 Å². The van der Waals surface area contributed by atoms with Crippen LogP contribution >= 0.6 is 0 Å². The summed E-state index contributed by atoms with van der Waals surface area (Å²) < 4.78 is 28.6. The van der Waals surface area contributed by atoms with E-state index in [0.717, 1.165) is 24.6 Å². The zero-order valence-corrected chi connectivity index (χ0v) is 11.1. The van der Waals surface area contributed by atoms with Crippen molar-refractivity contribution in [1.82, 2.24) is 0 Å². The molecule has 0 atom stereocenters. The molecule has 1 aromatic rings. The molecule has 1 N–H and O–H groups in total. The Bertz CT molecular complexity index is 378. The molecule has 1 aromatic carbocycles. The van der Waals surface area contributed by atoms with E-state index in [0.29, 0.717) is 0 Å². The van der Waals surface area contributed by atoms with Gasteiger partial charge >= 0.3 is 6.61 Å². The van der Waals surface area contributed by atoms with Crippen molar-refractivity contribution in [3.63, 3.8) is 0 Å². The summed E-state index contributed by atoms with van der Waals surface area (Å²) in [6.45, 7) is -1.87. The van der Waals surface area contributed by atoms with Crippen LogP contribution in [0.1, 0.15) is 38.5 Å². The van der Waals surface area contributed by atoms with Crippen molar-refractivity contribution in [2.24, 2.45) is 5.92 Å². The number of anilines is 1. The second-order valence-electron chi connectivity index (χ2n) is 5.13. The van der Waals surface area contributed by atoms with Gasteiger partial charge in [-0.25, -0.2) is 0 Å². The van der Waals surface area contributed by atoms with Gasteiger partial charge in [0.2, 0.25) is 0 Å². The van der Waals surface area contributed by atoms with Gasteiger partial charge in [-0.3, -0.25) is 0 Å². The van der Waals surface area contributed by atoms with Crippen LogP contribution in [-0.2, 0) is 0 Å². The molecule has 1 aliphatic rings. The molecule has 2 nitrogen and oxygen atoms in total. The van der Waals surface area contributed by atoms with Gasteiger partial charge in [0.25, 0.3) is 0 Å². The molecule has 1 aliphatic carbocycles. The highest BCUT2D eigenvalue weighted by Crippen LogP contribution is 2.26. The Morgan fingerprint density at radius 1 is 1.21 bits per heavy atom. The van der Waals surface area contributed by atoms with Crippen molar-refractivity contribution in [3.05, 3.63) is 24.3 Å². The van der Waals surface area contributed by atoms with E-state index in [2.05, 4.69) is 10.1 Å². The van der Waals surface area contributed by atoms with Gasteiger partial charge in [-0.1, -0.05) is 38.2 Å². The molecule has 4 heteroatoms. The fourth-order valence-corrected chi connectivity index (χ4v) is 2.68. The van der Waals surface area contributed by atoms with Crippen LogP contribution < -0.4 is 10.1 Å². The minimum absolute atomic E-state index is 0.206. The maximum absolute atomic E-state index is 12.1. The van der Waals surface area contributed by atoms with E-state index in [9.17, 15) is 8.78 Å². The van der Waals surface area contributed by atoms with E-state index in [1.807, 2.05) is 6.07 Å². The topological polar surface area (TPSA) is 21.3 Å². The maximum atomic E-state index is 12.1. The Labute approximate surface area is 113 Å². The highest BCUT2D eigenvalue weighted by atomic mass is 19.3. The number of benzene rings is 1. The number of hydrogen-bond donors (Lipinski definition) is 1. The monoisotopic (exact) mass is 269 g/mol. The SMILES string of the molecule is FC(F)Oc1cccc(NCCC2CCCCC2)c1. The van der Waals surface area contributed by atoms with E-state index in [4.69, 9.17) is 0 Å². The first-order valence-corrected chi connectivity index (χ1v) is 7.03. The van der Waals surface area contributed by atoms with Crippen LogP contribution in [0.15, 0.2) is 24.3 Å². The van der Waals surface area contributed by atoms with Crippen LogP contribution in [0.3, 0.4) is 0 Å². The molecular weight excluding hydrogens is 248 g/mol. The molecule has 0 bridgehead atoms. The molecule has 0 aliphatic heterocycles. The van der Waals surface area contributed by atoms with Crippen LogP contribution in [0, 0.1) is 5.92 Å². The van der Waals surface area contributed by atoms with Crippen molar-refractivity contribution in [2.45, 2.75) is 45.1 Å². The lowest BCUT2D eigenvalue weighted by Gasteiger charge is -2.21. The molecule has 0 aromatic heterocycles. The molecule has 1 fully saturated rings. The minimum Gasteiger partial charge on any atom is -0.435 e. The quantitative estimate of drug-likeness (QED) is 0.810. The van der Waals surface area contributed by atoms with E-state index in [1.165, 1.54) is 32.1 Å². The summed E-state index contributed by atoms with van der Waals surface area (Å²) in [5.41, 5.74) is 0.842. The number of hydrogen-bond acceptors (Lipinski definition) is 2. The Kier molecular flexibility index (Phi) is 5.43. The van der Waals surface area contributed by atoms with Crippen molar-refractivity contribution in [2.75, 3.05) is 11.9 Å². The van der Waals surface area contributed by atoms with Gasteiger partial charge in [0.05, 0.1) is 0 Å². The van der Waals surface area contributed by atoms with Crippen LogP contribution in [0.2, 0.25) is 0 Å². The van der Waals surface area contributed by atoms with E-state index < -0.39 is 6.61 Å². The van der Waals surface area contributed by atoms with Gasteiger partial charge in [-0.2, -0.15) is 8.78 Å². The lowest BCUT2D eigenvalue weighted by molar-refractivity contribution is -0.0498. The van der Waals surface area contributed by atoms with Gasteiger partial charge in [0.1, 0.15) is 5.75 Å². The average molecular weight is 269 g/mol. The fraction of sp³-hybridized carbons (Fsp3) is 0.600. The molecule has 2 rings (SSSR count). The summed E-state index contributed by atoms with van der Waals surface area (Å²) in [5.74, 6) is 1.03. The summed E-state index contributed by atoms with van der Waals surface area (Å²) in [4.78, 5) is 0. The van der Waals surface area contributed by atoms with E-state index >= 15 is 0 Å². The lowest BCUT2D eigenvalue weighted by atomic mass is 9.87. The summed E-state index contributed by atoms with van der Waals surface area (Å²) in [6, 6.07) is 6.76. The molecule has 19 heavy (non-hydrogen) atoms. The molecule has 1 saturated carbocycles. The predicted octanol–water partition coefficient (Wildman–Crippen LogP) is 4.67. The van der Waals surface area contributed by atoms with Crippen molar-refractivity contribution in [3.8, 4) is 5.75 Å². The van der Waals surface area contributed by atoms with Crippen LogP contribution in [-0.4, -0.2) is 13.2 Å². The van der Waals surface area contributed by atoms with Gasteiger partial charge in [0.15, 0.2) is 0 Å². The molecule has 0 unspecified atom stereocenters. The molecule has 0 amide bonds. The second kappa shape index (κ2) is 7.31. The molecule has 0 heterocycles. The normalized spacial score (nSPS) is 16.6. The Balaban J connectivity index is 1.75. The van der Waals surface area contributed by atoms with Gasteiger partial charge in [-0.15, -0.1) is 0 Å². The molecular formula is C15H21F2NO. The highest BCUT2D eigenvalue weighted by Gasteiger charge is 2.12. The second-order valence-corrected chi connectivity index (χ2v) is 5.13. The third-order valence-corrected chi connectivity index (χ3v) is 3.67. The first kappa shape index (κ1) is 14.1. The van der Waals surface area contributed by atoms with Crippen molar-refractivity contribution in [1.29, 1.82) is 0 Å². The maximum Gasteiger partial charge on any atom is 0.387 e. The summed E-state index contributed by atoms with van der Waals surface area (Å²) in [7, 11) is 0. The zero-order chi connectivity index (χ0) is 13.5. The highest BCUT2D eigenvalue weighted by molar-refractivity contribution is 5.48. The smallest absolute Gasteiger partial charge is 0.387 e. The van der Waals surface area contributed by atoms with Gasteiger partial charge < -0.3 is 10.1 Å². The number of ether oxygens (including phenoxy) is 1. The summed E-state index contributed by atoms with van der Waals surface area (Å²) in [6.07, 6.45) is 7.88. The first-order chi connectivity index (χ1) is 9.24. The Hall–Kier alpha value is -1.32. The Morgan fingerprint density at radius 2 is 2.00 bits per heavy atom. The number of nitrogens with one attached hydrogen (secondary N) is 1. The van der Waals surface area contributed by atoms with Gasteiger partial charge in [-0.05, 0) is 24.5 Å². The Morgan fingerprint density at radius 3 is 2.74 bits per heavy atom. The lowest BCUT2D eigenvalue weighted by Crippen LogP contribution is -2.12. The van der Waals surface area contributed by atoms with Gasteiger partial charge in [0, 0.05) is 18.3 Å². The number of halogens is 2. The molecule has 0 spiro atoms. The fourth-order valence-electron chi connectivity index (χ4n) is 2.68. The molecule has 106 valence electrons. The van der Waals surface area contributed by atoms with E-state index in [1.54, 1.807) is 18.2 Å². The van der Waals surface area contributed by atoms with Crippen LogP contribution in [0.25, 0.3) is 0 Å². The molecule has 0 radical (unpaired) electrons. The predicted molar refractivity (Wildman–Crippen MR) is 72.8 cm³/mol. The molecule has 0 saturated heterocycles. The standard InChI is InChI=1S/C15H21F2NO/c16-15(17)19-14-8-4-7-13(11-14)18-10-9-12-5-2-1-3-6-12/h4,7-8,11-12,15,18H,1-3,5-6,9-10H2. The minimum atomic E-state index is -2.77. The summed E-state index contributed by atoms with van der Waals surface area (Å²) in [5, 5.41) is 3.28. The number of alkyl halides is 2. The summed E-state index contributed by atoms with van der Waals surface area (Å²) >= 11 is 0. The number of rotatable bonds is 6. The third-order valence-electron chi connectivity index (χ3n) is 3.67. The van der Waals surface area contributed by atoms with E-state index in [-0.39, 0.29) is 5.75 Å². The van der Waals surface area contributed by atoms with Crippen LogP contribution in [0.5, 0.6) is 5.75 Å². The third kappa shape index (κ3) is 5.05. The largest absolute Gasteiger partial charge is 0.435 e. The first-order valence-electron chi connectivity index (χ1n) is 7.03. The van der Waals surface area contributed by atoms with Crippen molar-refractivity contribution < 1.29 is 13.5 Å². The average Bonchev–Trinajstić information content (AvgIpc) is 2.40.